The molecule has 0 bridgehead atoms. The summed E-state index contributed by atoms with van der Waals surface area (Å²) in [5.74, 6) is 0.256. The van der Waals surface area contributed by atoms with E-state index in [0.717, 1.165) is 25.7 Å². The Morgan fingerprint density at radius 2 is 1.63 bits per heavy atom. The first kappa shape index (κ1) is 14.5. The third-order valence-electron chi connectivity index (χ3n) is 3.99. The highest BCUT2D eigenvalue weighted by Gasteiger charge is 2.30. The van der Waals surface area contributed by atoms with Gasteiger partial charge in [-0.3, -0.25) is 0 Å². The smallest absolute Gasteiger partial charge is 0.207 e. The predicted octanol–water partition coefficient (Wildman–Crippen LogP) is 3.02. The molecular formula is C14H20FNO2S. The normalized spacial score (nSPS) is 24.6. The summed E-state index contributed by atoms with van der Waals surface area (Å²) >= 11 is 0. The lowest BCUT2D eigenvalue weighted by molar-refractivity contribution is 0.246. The van der Waals surface area contributed by atoms with Crippen LogP contribution in [0.3, 0.4) is 0 Å². The second-order valence-corrected chi connectivity index (χ2v) is 7.39. The van der Waals surface area contributed by atoms with Gasteiger partial charge in [-0.25, -0.2) is 12.8 Å². The van der Waals surface area contributed by atoms with Gasteiger partial charge in [0.05, 0.1) is 4.90 Å². The van der Waals surface area contributed by atoms with Gasteiger partial charge >= 0.3 is 0 Å². The zero-order chi connectivity index (χ0) is 14.0. The van der Waals surface area contributed by atoms with Crippen LogP contribution in [0, 0.1) is 11.7 Å². The summed E-state index contributed by atoms with van der Waals surface area (Å²) in [4.78, 5) is 0.162. The molecule has 2 rings (SSSR count). The van der Waals surface area contributed by atoms with Crippen LogP contribution in [-0.2, 0) is 10.0 Å². The third-order valence-corrected chi connectivity index (χ3v) is 5.91. The van der Waals surface area contributed by atoms with Crippen LogP contribution in [0.2, 0.25) is 0 Å². The molecule has 0 N–H and O–H groups in total. The van der Waals surface area contributed by atoms with Crippen molar-refractivity contribution in [2.24, 2.45) is 5.92 Å². The minimum absolute atomic E-state index is 0.0613. The Bertz CT molecular complexity index is 519. The quantitative estimate of drug-likeness (QED) is 0.856. The van der Waals surface area contributed by atoms with Crippen LogP contribution in [0.25, 0.3) is 0 Å². The highest BCUT2D eigenvalue weighted by molar-refractivity contribution is 7.89. The maximum atomic E-state index is 12.9. The van der Waals surface area contributed by atoms with Crippen molar-refractivity contribution < 1.29 is 12.8 Å². The first-order valence-corrected chi connectivity index (χ1v) is 8.09. The van der Waals surface area contributed by atoms with Crippen molar-refractivity contribution in [1.82, 2.24) is 4.31 Å². The van der Waals surface area contributed by atoms with E-state index in [9.17, 15) is 12.8 Å². The molecule has 0 spiro atoms. The van der Waals surface area contributed by atoms with Crippen LogP contribution in [0.1, 0.15) is 32.6 Å². The van der Waals surface area contributed by atoms with Gasteiger partial charge in [0.1, 0.15) is 5.82 Å². The summed E-state index contributed by atoms with van der Waals surface area (Å²) < 4.78 is 39.2. The lowest BCUT2D eigenvalue weighted by Gasteiger charge is -2.32. The minimum Gasteiger partial charge on any atom is -0.207 e. The van der Waals surface area contributed by atoms with Crippen molar-refractivity contribution in [1.29, 1.82) is 0 Å². The number of halogens is 1. The number of rotatable bonds is 3. The van der Waals surface area contributed by atoms with Crippen LogP contribution >= 0.6 is 0 Å². The Morgan fingerprint density at radius 1 is 1.11 bits per heavy atom. The molecule has 1 aromatic rings. The predicted molar refractivity (Wildman–Crippen MR) is 72.8 cm³/mol. The fourth-order valence-corrected chi connectivity index (χ4v) is 3.99. The number of hydrogen-bond donors (Lipinski definition) is 0. The van der Waals surface area contributed by atoms with Crippen LogP contribution in [0.15, 0.2) is 29.2 Å². The van der Waals surface area contributed by atoms with Crippen molar-refractivity contribution in [3.63, 3.8) is 0 Å². The zero-order valence-corrected chi connectivity index (χ0v) is 12.2. The minimum atomic E-state index is -3.51. The molecule has 0 radical (unpaired) electrons. The molecular weight excluding hydrogens is 265 g/mol. The molecule has 5 heteroatoms. The van der Waals surface area contributed by atoms with Crippen LogP contribution in [-0.4, -0.2) is 25.8 Å². The average molecular weight is 285 g/mol. The molecule has 1 fully saturated rings. The largest absolute Gasteiger partial charge is 0.243 e. The summed E-state index contributed by atoms with van der Waals surface area (Å²) in [5, 5.41) is 0. The molecule has 19 heavy (non-hydrogen) atoms. The fourth-order valence-electron chi connectivity index (χ4n) is 2.58. The number of benzene rings is 1. The Hall–Kier alpha value is -0.940. The third kappa shape index (κ3) is 3.15. The molecule has 0 unspecified atom stereocenters. The maximum absolute atomic E-state index is 12.9. The van der Waals surface area contributed by atoms with Crippen molar-refractivity contribution in [3.8, 4) is 0 Å². The standard InChI is InChI=1S/C14H20FNO2S/c1-11-3-7-13(8-4-11)16(2)19(17,18)14-9-5-12(15)6-10-14/h5-6,9-11,13H,3-4,7-8H2,1-2H3. The zero-order valence-electron chi connectivity index (χ0n) is 11.3. The van der Waals surface area contributed by atoms with Crippen LogP contribution < -0.4 is 0 Å². The summed E-state index contributed by atoms with van der Waals surface area (Å²) in [5.41, 5.74) is 0. The van der Waals surface area contributed by atoms with E-state index in [0.29, 0.717) is 5.92 Å². The van der Waals surface area contributed by atoms with Crippen LogP contribution in [0.4, 0.5) is 4.39 Å². The van der Waals surface area contributed by atoms with Gasteiger partial charge in [0.2, 0.25) is 10.0 Å². The molecule has 0 heterocycles. The van der Waals surface area contributed by atoms with Gasteiger partial charge in [-0.15, -0.1) is 0 Å². The summed E-state index contributed by atoms with van der Waals surface area (Å²) in [6.45, 7) is 2.20. The van der Waals surface area contributed by atoms with E-state index in [4.69, 9.17) is 0 Å². The molecule has 106 valence electrons. The lowest BCUT2D eigenvalue weighted by Crippen LogP contribution is -2.39. The van der Waals surface area contributed by atoms with Crippen molar-refractivity contribution in [2.45, 2.75) is 43.5 Å². The first-order chi connectivity index (χ1) is 8.91. The highest BCUT2D eigenvalue weighted by Crippen LogP contribution is 2.29. The number of sulfonamides is 1. The van der Waals surface area contributed by atoms with E-state index in [1.807, 2.05) is 0 Å². The molecule has 0 aromatic heterocycles. The van der Waals surface area contributed by atoms with E-state index in [1.165, 1.54) is 28.6 Å². The van der Waals surface area contributed by atoms with E-state index in [-0.39, 0.29) is 10.9 Å². The summed E-state index contributed by atoms with van der Waals surface area (Å²) in [7, 11) is -1.88. The molecule has 1 aromatic carbocycles. The second-order valence-electron chi connectivity index (χ2n) is 5.39. The Morgan fingerprint density at radius 3 is 2.16 bits per heavy atom. The van der Waals surface area contributed by atoms with Gasteiger partial charge in [-0.1, -0.05) is 6.92 Å². The Labute approximate surface area is 114 Å². The molecule has 1 aliphatic carbocycles. The van der Waals surface area contributed by atoms with Crippen molar-refractivity contribution in [2.75, 3.05) is 7.05 Å². The van der Waals surface area contributed by atoms with E-state index in [2.05, 4.69) is 6.92 Å². The van der Waals surface area contributed by atoms with Crippen LogP contribution in [0.5, 0.6) is 0 Å². The Balaban J connectivity index is 2.17. The SMILES string of the molecule is CC1CCC(N(C)S(=O)(=O)c2ccc(F)cc2)CC1. The summed E-state index contributed by atoms with van der Waals surface area (Å²) in [6, 6.07) is 5.08. The molecule has 0 aliphatic heterocycles. The molecule has 0 atom stereocenters. The molecule has 0 amide bonds. The van der Waals surface area contributed by atoms with E-state index in [1.54, 1.807) is 7.05 Å². The summed E-state index contributed by atoms with van der Waals surface area (Å²) in [6.07, 6.45) is 3.93. The van der Waals surface area contributed by atoms with E-state index >= 15 is 0 Å². The number of nitrogens with zero attached hydrogens (tertiary/aromatic N) is 1. The molecule has 3 nitrogen and oxygen atoms in total. The van der Waals surface area contributed by atoms with E-state index < -0.39 is 15.8 Å². The Kier molecular flexibility index (Phi) is 4.26. The van der Waals surface area contributed by atoms with Gasteiger partial charge in [0.15, 0.2) is 0 Å². The van der Waals surface area contributed by atoms with Crippen molar-refractivity contribution >= 4 is 10.0 Å². The van der Waals surface area contributed by atoms with Crippen molar-refractivity contribution in [3.05, 3.63) is 30.1 Å². The molecule has 1 saturated carbocycles. The lowest BCUT2D eigenvalue weighted by atomic mass is 9.87. The second kappa shape index (κ2) is 5.59. The first-order valence-electron chi connectivity index (χ1n) is 6.65. The molecule has 0 saturated heterocycles. The van der Waals surface area contributed by atoms with Gasteiger partial charge < -0.3 is 0 Å². The topological polar surface area (TPSA) is 37.4 Å². The maximum Gasteiger partial charge on any atom is 0.243 e. The monoisotopic (exact) mass is 285 g/mol. The fraction of sp³-hybridized carbons (Fsp3) is 0.571. The highest BCUT2D eigenvalue weighted by atomic mass is 32.2. The molecule has 1 aliphatic rings. The average Bonchev–Trinajstić information content (AvgIpc) is 2.39. The number of hydrogen-bond acceptors (Lipinski definition) is 2. The van der Waals surface area contributed by atoms with Gasteiger partial charge in [0, 0.05) is 13.1 Å². The van der Waals surface area contributed by atoms with Gasteiger partial charge in [0.25, 0.3) is 0 Å². The van der Waals surface area contributed by atoms with Gasteiger partial charge in [-0.05, 0) is 55.9 Å². The van der Waals surface area contributed by atoms with Gasteiger partial charge in [-0.2, -0.15) is 4.31 Å².